The van der Waals surface area contributed by atoms with Gasteiger partial charge in [-0.15, -0.1) is 0 Å². The summed E-state index contributed by atoms with van der Waals surface area (Å²) in [5, 5.41) is 13.7. The Kier molecular flexibility index (Phi) is 3.73. The number of halogens is 1. The first kappa shape index (κ1) is 12.6. The molecule has 1 saturated carbocycles. The van der Waals surface area contributed by atoms with Crippen LogP contribution in [0.1, 0.15) is 49.3 Å². The van der Waals surface area contributed by atoms with Crippen molar-refractivity contribution in [1.82, 2.24) is 5.32 Å². The average molecular weight is 310 g/mol. The molecule has 3 atom stereocenters. The van der Waals surface area contributed by atoms with Gasteiger partial charge in [-0.05, 0) is 48.9 Å². The van der Waals surface area contributed by atoms with Crippen LogP contribution < -0.4 is 5.32 Å². The second kappa shape index (κ2) is 5.32. The zero-order valence-electron chi connectivity index (χ0n) is 10.5. The summed E-state index contributed by atoms with van der Waals surface area (Å²) in [5.74, 6) is 0. The van der Waals surface area contributed by atoms with Crippen molar-refractivity contribution < 1.29 is 5.11 Å². The highest BCUT2D eigenvalue weighted by Gasteiger charge is 2.29. The molecule has 0 aromatic heterocycles. The lowest BCUT2D eigenvalue weighted by atomic mass is 9.91. The fourth-order valence-corrected chi connectivity index (χ4v) is 3.73. The molecule has 2 aliphatic carbocycles. The molecule has 3 unspecified atom stereocenters. The quantitative estimate of drug-likeness (QED) is 0.878. The van der Waals surface area contributed by atoms with Gasteiger partial charge >= 0.3 is 0 Å². The maximum absolute atomic E-state index is 10.1. The van der Waals surface area contributed by atoms with Crippen molar-refractivity contribution in [3.63, 3.8) is 0 Å². The lowest BCUT2D eigenvalue weighted by molar-refractivity contribution is 0.0848. The molecule has 3 heteroatoms. The van der Waals surface area contributed by atoms with Crippen LogP contribution in [0, 0.1) is 0 Å². The normalized spacial score (nSPS) is 31.3. The van der Waals surface area contributed by atoms with E-state index in [2.05, 4.69) is 39.4 Å². The monoisotopic (exact) mass is 309 g/mol. The number of rotatable bonds is 2. The molecule has 1 fully saturated rings. The highest BCUT2D eigenvalue weighted by Crippen LogP contribution is 2.34. The predicted molar refractivity (Wildman–Crippen MR) is 76.6 cm³/mol. The van der Waals surface area contributed by atoms with Gasteiger partial charge in [-0.1, -0.05) is 34.8 Å². The van der Waals surface area contributed by atoms with Crippen molar-refractivity contribution >= 4 is 15.9 Å². The zero-order chi connectivity index (χ0) is 12.5. The van der Waals surface area contributed by atoms with E-state index in [9.17, 15) is 5.11 Å². The molecule has 3 rings (SSSR count). The minimum absolute atomic E-state index is 0.154. The van der Waals surface area contributed by atoms with Gasteiger partial charge in [0, 0.05) is 16.6 Å². The number of nitrogens with one attached hydrogen (secondary N) is 1. The molecule has 0 saturated heterocycles. The van der Waals surface area contributed by atoms with E-state index in [4.69, 9.17) is 0 Å². The maximum atomic E-state index is 10.1. The first-order valence-corrected chi connectivity index (χ1v) is 7.76. The third kappa shape index (κ3) is 2.49. The Morgan fingerprint density at radius 2 is 2.00 bits per heavy atom. The molecule has 18 heavy (non-hydrogen) atoms. The third-order valence-electron chi connectivity index (χ3n) is 4.33. The number of aryl methyl sites for hydroxylation is 1. The number of hydrogen-bond donors (Lipinski definition) is 2. The number of aliphatic hydroxyl groups excluding tert-OH is 1. The third-order valence-corrected chi connectivity index (χ3v) is 4.82. The van der Waals surface area contributed by atoms with Crippen molar-refractivity contribution in [2.24, 2.45) is 0 Å². The number of benzene rings is 1. The summed E-state index contributed by atoms with van der Waals surface area (Å²) in [6.45, 7) is 0. The van der Waals surface area contributed by atoms with Crippen LogP contribution in [0.2, 0.25) is 0 Å². The molecule has 2 nitrogen and oxygen atoms in total. The first-order chi connectivity index (χ1) is 8.74. The summed E-state index contributed by atoms with van der Waals surface area (Å²) < 4.78 is 1.17. The van der Waals surface area contributed by atoms with Crippen LogP contribution in [0.3, 0.4) is 0 Å². The summed E-state index contributed by atoms with van der Waals surface area (Å²) in [6, 6.07) is 7.30. The standard InChI is InChI=1S/C15H20BrNO/c16-11-6-7-12-10(9-11)5-8-13(12)17-14-3-1-2-4-15(14)18/h6-7,9,13-15,17-18H,1-5,8H2. The fourth-order valence-electron chi connectivity index (χ4n) is 3.32. The van der Waals surface area contributed by atoms with E-state index in [0.717, 1.165) is 25.7 Å². The SMILES string of the molecule is OC1CCCCC1NC1CCc2cc(Br)ccc21. The minimum Gasteiger partial charge on any atom is -0.392 e. The summed E-state index contributed by atoms with van der Waals surface area (Å²) in [6.07, 6.45) is 6.64. The Morgan fingerprint density at radius 3 is 2.83 bits per heavy atom. The zero-order valence-corrected chi connectivity index (χ0v) is 12.1. The molecule has 0 bridgehead atoms. The molecular formula is C15H20BrNO. The van der Waals surface area contributed by atoms with Crippen LogP contribution in [0.15, 0.2) is 22.7 Å². The van der Waals surface area contributed by atoms with Crippen molar-refractivity contribution in [1.29, 1.82) is 0 Å². The van der Waals surface area contributed by atoms with E-state index >= 15 is 0 Å². The first-order valence-electron chi connectivity index (χ1n) is 6.96. The van der Waals surface area contributed by atoms with Gasteiger partial charge in [0.05, 0.1) is 6.10 Å². The Hall–Kier alpha value is -0.380. The Morgan fingerprint density at radius 1 is 1.17 bits per heavy atom. The molecule has 98 valence electrons. The smallest absolute Gasteiger partial charge is 0.0693 e. The molecule has 2 N–H and O–H groups in total. The van der Waals surface area contributed by atoms with Crippen LogP contribution in [0.4, 0.5) is 0 Å². The van der Waals surface area contributed by atoms with Crippen LogP contribution in [-0.4, -0.2) is 17.3 Å². The van der Waals surface area contributed by atoms with Gasteiger partial charge in [-0.2, -0.15) is 0 Å². The number of aliphatic hydroxyl groups is 1. The molecule has 1 aromatic carbocycles. The van der Waals surface area contributed by atoms with E-state index in [1.807, 2.05) is 0 Å². The van der Waals surface area contributed by atoms with E-state index < -0.39 is 0 Å². The van der Waals surface area contributed by atoms with Gasteiger partial charge < -0.3 is 10.4 Å². The van der Waals surface area contributed by atoms with Crippen LogP contribution in [0.25, 0.3) is 0 Å². The number of hydrogen-bond acceptors (Lipinski definition) is 2. The largest absolute Gasteiger partial charge is 0.392 e. The van der Waals surface area contributed by atoms with Gasteiger partial charge in [0.25, 0.3) is 0 Å². The van der Waals surface area contributed by atoms with Crippen molar-refractivity contribution in [2.75, 3.05) is 0 Å². The summed E-state index contributed by atoms with van der Waals surface area (Å²) in [7, 11) is 0. The molecule has 1 aromatic rings. The van der Waals surface area contributed by atoms with E-state index in [0.29, 0.717) is 12.1 Å². The van der Waals surface area contributed by atoms with Gasteiger partial charge in [-0.3, -0.25) is 0 Å². The second-order valence-electron chi connectivity index (χ2n) is 5.56. The molecule has 0 amide bonds. The van der Waals surface area contributed by atoms with Crippen molar-refractivity contribution in [2.45, 2.75) is 56.7 Å². The minimum atomic E-state index is -0.154. The molecule has 0 radical (unpaired) electrons. The van der Waals surface area contributed by atoms with Crippen LogP contribution in [-0.2, 0) is 6.42 Å². The van der Waals surface area contributed by atoms with Gasteiger partial charge in [-0.25, -0.2) is 0 Å². The average Bonchev–Trinajstić information content (AvgIpc) is 2.74. The van der Waals surface area contributed by atoms with Crippen molar-refractivity contribution in [3.05, 3.63) is 33.8 Å². The van der Waals surface area contributed by atoms with Crippen LogP contribution >= 0.6 is 15.9 Å². The molecular weight excluding hydrogens is 290 g/mol. The molecule has 0 heterocycles. The van der Waals surface area contributed by atoms with E-state index in [1.54, 1.807) is 0 Å². The highest BCUT2D eigenvalue weighted by atomic mass is 79.9. The van der Waals surface area contributed by atoms with E-state index in [1.165, 1.54) is 28.4 Å². The topological polar surface area (TPSA) is 32.3 Å². The summed E-state index contributed by atoms with van der Waals surface area (Å²) in [5.41, 5.74) is 2.88. The van der Waals surface area contributed by atoms with Crippen LogP contribution in [0.5, 0.6) is 0 Å². The Labute approximate surface area is 117 Å². The molecule has 2 aliphatic rings. The number of fused-ring (bicyclic) bond motifs is 1. The Balaban J connectivity index is 1.72. The lowest BCUT2D eigenvalue weighted by Gasteiger charge is -2.31. The van der Waals surface area contributed by atoms with Gasteiger partial charge in [0.15, 0.2) is 0 Å². The second-order valence-corrected chi connectivity index (χ2v) is 6.48. The summed E-state index contributed by atoms with van der Waals surface area (Å²) in [4.78, 5) is 0. The predicted octanol–water partition coefficient (Wildman–Crippen LogP) is 3.33. The fraction of sp³-hybridized carbons (Fsp3) is 0.600. The van der Waals surface area contributed by atoms with Gasteiger partial charge in [0.1, 0.15) is 0 Å². The van der Waals surface area contributed by atoms with E-state index in [-0.39, 0.29) is 6.10 Å². The molecule has 0 aliphatic heterocycles. The van der Waals surface area contributed by atoms with Crippen molar-refractivity contribution in [3.8, 4) is 0 Å². The highest BCUT2D eigenvalue weighted by molar-refractivity contribution is 9.10. The molecule has 0 spiro atoms. The van der Waals surface area contributed by atoms with Gasteiger partial charge in [0.2, 0.25) is 0 Å². The Bertz CT molecular complexity index is 435. The maximum Gasteiger partial charge on any atom is 0.0693 e. The lowest BCUT2D eigenvalue weighted by Crippen LogP contribution is -2.43. The summed E-state index contributed by atoms with van der Waals surface area (Å²) >= 11 is 3.53.